The molecule has 1 aromatic heterocycles. The molecule has 5 nitrogen and oxygen atoms in total. The van der Waals surface area contributed by atoms with Crippen LogP contribution in [0.2, 0.25) is 0 Å². The summed E-state index contributed by atoms with van der Waals surface area (Å²) in [5.74, 6) is 1.11. The number of piperidine rings is 1. The molecule has 0 bridgehead atoms. The zero-order valence-electron chi connectivity index (χ0n) is 10.9. The van der Waals surface area contributed by atoms with E-state index in [1.54, 1.807) is 13.4 Å². The summed E-state index contributed by atoms with van der Waals surface area (Å²) in [6.07, 6.45) is 5.37. The fraction of sp³-hybridized carbons (Fsp3) is 0.692. The highest BCUT2D eigenvalue weighted by Crippen LogP contribution is 2.25. The summed E-state index contributed by atoms with van der Waals surface area (Å²) in [6.45, 7) is 3.92. The molecule has 98 valence electrons. The van der Waals surface area contributed by atoms with E-state index in [1.807, 2.05) is 0 Å². The fourth-order valence-electron chi connectivity index (χ4n) is 2.85. The SMILES string of the molecule is COC1CCCN(c2ncnc3c2CNCC3)C1. The van der Waals surface area contributed by atoms with Crippen molar-refractivity contribution in [1.29, 1.82) is 0 Å². The minimum Gasteiger partial charge on any atom is -0.380 e. The summed E-state index contributed by atoms with van der Waals surface area (Å²) in [6, 6.07) is 0. The Hall–Kier alpha value is -1.20. The first-order valence-corrected chi connectivity index (χ1v) is 6.69. The molecule has 0 radical (unpaired) electrons. The highest BCUT2D eigenvalue weighted by molar-refractivity contribution is 5.49. The van der Waals surface area contributed by atoms with Crippen molar-refractivity contribution in [1.82, 2.24) is 15.3 Å². The molecule has 1 N–H and O–H groups in total. The van der Waals surface area contributed by atoms with Crippen molar-refractivity contribution in [3.05, 3.63) is 17.6 Å². The lowest BCUT2D eigenvalue weighted by molar-refractivity contribution is 0.0890. The lowest BCUT2D eigenvalue weighted by atomic mass is 10.0. The molecule has 2 aliphatic heterocycles. The van der Waals surface area contributed by atoms with Gasteiger partial charge in [0.1, 0.15) is 12.1 Å². The Kier molecular flexibility index (Phi) is 3.43. The first-order chi connectivity index (χ1) is 8.88. The lowest BCUT2D eigenvalue weighted by Crippen LogP contribution is -2.41. The second-order valence-corrected chi connectivity index (χ2v) is 5.00. The molecule has 0 spiro atoms. The van der Waals surface area contributed by atoms with E-state index < -0.39 is 0 Å². The Morgan fingerprint density at radius 1 is 1.44 bits per heavy atom. The molecule has 2 aliphatic rings. The molecule has 1 saturated heterocycles. The van der Waals surface area contributed by atoms with E-state index in [9.17, 15) is 0 Å². The molecule has 0 amide bonds. The highest BCUT2D eigenvalue weighted by atomic mass is 16.5. The van der Waals surface area contributed by atoms with Gasteiger partial charge in [0.25, 0.3) is 0 Å². The number of fused-ring (bicyclic) bond motifs is 1. The molecular formula is C13H20N4O. The number of rotatable bonds is 2. The Morgan fingerprint density at radius 3 is 3.28 bits per heavy atom. The number of anilines is 1. The normalized spacial score (nSPS) is 23.8. The van der Waals surface area contributed by atoms with Crippen LogP contribution in [0.5, 0.6) is 0 Å². The van der Waals surface area contributed by atoms with Gasteiger partial charge < -0.3 is 15.0 Å². The summed E-state index contributed by atoms with van der Waals surface area (Å²) in [5.41, 5.74) is 2.48. The Labute approximate surface area is 108 Å². The van der Waals surface area contributed by atoms with Gasteiger partial charge in [0.15, 0.2) is 0 Å². The molecule has 3 heterocycles. The quantitative estimate of drug-likeness (QED) is 0.836. The number of nitrogens with one attached hydrogen (secondary N) is 1. The number of ether oxygens (including phenoxy) is 1. The van der Waals surface area contributed by atoms with Gasteiger partial charge in [-0.3, -0.25) is 0 Å². The summed E-state index contributed by atoms with van der Waals surface area (Å²) >= 11 is 0. The van der Waals surface area contributed by atoms with Crippen LogP contribution in [0.1, 0.15) is 24.1 Å². The molecule has 0 aromatic carbocycles. The molecule has 1 fully saturated rings. The third kappa shape index (κ3) is 2.20. The average molecular weight is 248 g/mol. The number of hydrogen-bond acceptors (Lipinski definition) is 5. The maximum atomic E-state index is 5.49. The molecule has 5 heteroatoms. The summed E-state index contributed by atoms with van der Waals surface area (Å²) < 4.78 is 5.49. The maximum Gasteiger partial charge on any atom is 0.136 e. The first-order valence-electron chi connectivity index (χ1n) is 6.69. The third-order valence-electron chi connectivity index (χ3n) is 3.86. The average Bonchev–Trinajstić information content (AvgIpc) is 2.47. The van der Waals surface area contributed by atoms with E-state index in [0.29, 0.717) is 6.10 Å². The van der Waals surface area contributed by atoms with Crippen LogP contribution in [0.3, 0.4) is 0 Å². The monoisotopic (exact) mass is 248 g/mol. The third-order valence-corrected chi connectivity index (χ3v) is 3.86. The number of hydrogen-bond donors (Lipinski definition) is 1. The van der Waals surface area contributed by atoms with Gasteiger partial charge in [-0.1, -0.05) is 0 Å². The second kappa shape index (κ2) is 5.20. The molecule has 3 rings (SSSR count). The summed E-state index contributed by atoms with van der Waals surface area (Å²) in [4.78, 5) is 11.3. The maximum absolute atomic E-state index is 5.49. The lowest BCUT2D eigenvalue weighted by Gasteiger charge is -2.34. The second-order valence-electron chi connectivity index (χ2n) is 5.00. The number of nitrogens with zero attached hydrogens (tertiary/aromatic N) is 3. The van der Waals surface area contributed by atoms with Crippen LogP contribution in [0.4, 0.5) is 5.82 Å². The molecule has 0 saturated carbocycles. The van der Waals surface area contributed by atoms with Crippen molar-refractivity contribution >= 4 is 5.82 Å². The first kappa shape index (κ1) is 11.9. The van der Waals surface area contributed by atoms with Gasteiger partial charge in [-0.05, 0) is 12.8 Å². The van der Waals surface area contributed by atoms with E-state index in [1.165, 1.54) is 17.7 Å². The van der Waals surface area contributed by atoms with E-state index in [0.717, 1.165) is 44.8 Å². The number of aromatic nitrogens is 2. The molecule has 1 unspecified atom stereocenters. The van der Waals surface area contributed by atoms with Crippen molar-refractivity contribution in [2.45, 2.75) is 31.9 Å². The van der Waals surface area contributed by atoms with Crippen LogP contribution in [0.25, 0.3) is 0 Å². The van der Waals surface area contributed by atoms with E-state index >= 15 is 0 Å². The molecule has 1 aromatic rings. The highest BCUT2D eigenvalue weighted by Gasteiger charge is 2.24. The van der Waals surface area contributed by atoms with Crippen LogP contribution in [-0.2, 0) is 17.7 Å². The van der Waals surface area contributed by atoms with Crippen LogP contribution < -0.4 is 10.2 Å². The smallest absolute Gasteiger partial charge is 0.136 e. The zero-order valence-corrected chi connectivity index (χ0v) is 10.9. The van der Waals surface area contributed by atoms with Gasteiger partial charge in [0, 0.05) is 45.3 Å². The predicted molar refractivity (Wildman–Crippen MR) is 69.7 cm³/mol. The van der Waals surface area contributed by atoms with Crippen molar-refractivity contribution < 1.29 is 4.74 Å². The van der Waals surface area contributed by atoms with E-state index in [-0.39, 0.29) is 0 Å². The van der Waals surface area contributed by atoms with Crippen molar-refractivity contribution in [2.24, 2.45) is 0 Å². The molecule has 18 heavy (non-hydrogen) atoms. The molecular weight excluding hydrogens is 228 g/mol. The topological polar surface area (TPSA) is 50.3 Å². The Balaban J connectivity index is 1.87. The van der Waals surface area contributed by atoms with E-state index in [4.69, 9.17) is 4.74 Å². The Morgan fingerprint density at radius 2 is 2.39 bits per heavy atom. The standard InChI is InChI=1S/C13H20N4O/c1-18-10-3-2-6-17(8-10)13-11-7-14-5-4-12(11)15-9-16-13/h9-10,14H,2-8H2,1H3. The van der Waals surface area contributed by atoms with E-state index in [2.05, 4.69) is 20.2 Å². The summed E-state index contributed by atoms with van der Waals surface area (Å²) in [7, 11) is 1.80. The molecule has 1 atom stereocenters. The van der Waals surface area contributed by atoms with Gasteiger partial charge in [0.05, 0.1) is 11.8 Å². The largest absolute Gasteiger partial charge is 0.380 e. The van der Waals surface area contributed by atoms with Crippen molar-refractivity contribution in [3.63, 3.8) is 0 Å². The van der Waals surface area contributed by atoms with Crippen LogP contribution in [-0.4, -0.2) is 42.8 Å². The Bertz CT molecular complexity index is 423. The van der Waals surface area contributed by atoms with Gasteiger partial charge in [-0.2, -0.15) is 0 Å². The van der Waals surface area contributed by atoms with Crippen molar-refractivity contribution in [2.75, 3.05) is 31.6 Å². The zero-order chi connectivity index (χ0) is 12.4. The minimum absolute atomic E-state index is 0.334. The minimum atomic E-state index is 0.334. The van der Waals surface area contributed by atoms with Crippen molar-refractivity contribution in [3.8, 4) is 0 Å². The molecule has 0 aliphatic carbocycles. The van der Waals surface area contributed by atoms with Gasteiger partial charge in [-0.25, -0.2) is 9.97 Å². The number of methoxy groups -OCH3 is 1. The van der Waals surface area contributed by atoms with Gasteiger partial charge in [0.2, 0.25) is 0 Å². The van der Waals surface area contributed by atoms with Gasteiger partial charge >= 0.3 is 0 Å². The van der Waals surface area contributed by atoms with Crippen LogP contribution in [0, 0.1) is 0 Å². The predicted octanol–water partition coefficient (Wildman–Crippen LogP) is 0.738. The van der Waals surface area contributed by atoms with Gasteiger partial charge in [-0.15, -0.1) is 0 Å². The fourth-order valence-corrected chi connectivity index (χ4v) is 2.85. The summed E-state index contributed by atoms with van der Waals surface area (Å²) in [5, 5.41) is 3.41. The van der Waals surface area contributed by atoms with Crippen LogP contribution in [0.15, 0.2) is 6.33 Å². The van der Waals surface area contributed by atoms with Crippen LogP contribution >= 0.6 is 0 Å².